The second-order valence-corrected chi connectivity index (χ2v) is 7.35. The summed E-state index contributed by atoms with van der Waals surface area (Å²) in [6.45, 7) is 2.91. The monoisotopic (exact) mass is 412 g/mol. The van der Waals surface area contributed by atoms with Crippen molar-refractivity contribution in [3.8, 4) is 27.8 Å². The van der Waals surface area contributed by atoms with Crippen LogP contribution in [0.25, 0.3) is 10.6 Å². The minimum atomic E-state index is -0.138. The van der Waals surface area contributed by atoms with E-state index in [1.807, 2.05) is 49.4 Å². The average molecular weight is 413 g/mol. The number of aromatic nitrogens is 1. The Morgan fingerprint density at radius 2 is 1.79 bits per heavy atom. The largest absolute Gasteiger partial charge is 0.493 e. The molecule has 0 spiro atoms. The third-order valence-electron chi connectivity index (χ3n) is 4.42. The third kappa shape index (κ3) is 5.06. The van der Waals surface area contributed by atoms with Crippen LogP contribution >= 0.6 is 11.3 Å². The standard InChI is InChI=1S/C22H24N2O4S/c1-15-5-8-17(9-6-15)28-12-11-24(2)22(25)18-14-29-21(23-18)16-7-10-19(26-3)20(13-16)27-4/h5-10,13-14H,11-12H2,1-4H3. The number of hydrogen-bond acceptors (Lipinski definition) is 6. The molecule has 1 heterocycles. The lowest BCUT2D eigenvalue weighted by Crippen LogP contribution is -2.31. The maximum atomic E-state index is 12.7. The summed E-state index contributed by atoms with van der Waals surface area (Å²) in [5.41, 5.74) is 2.47. The highest BCUT2D eigenvalue weighted by Crippen LogP contribution is 2.33. The Balaban J connectivity index is 1.61. The fourth-order valence-corrected chi connectivity index (χ4v) is 3.50. The zero-order chi connectivity index (χ0) is 20.8. The fourth-order valence-electron chi connectivity index (χ4n) is 2.71. The summed E-state index contributed by atoms with van der Waals surface area (Å²) < 4.78 is 16.3. The number of aryl methyl sites for hydroxylation is 1. The minimum absolute atomic E-state index is 0.138. The number of carbonyl (C=O) groups is 1. The van der Waals surface area contributed by atoms with E-state index in [0.29, 0.717) is 30.3 Å². The van der Waals surface area contributed by atoms with Crippen molar-refractivity contribution >= 4 is 17.2 Å². The van der Waals surface area contributed by atoms with E-state index in [9.17, 15) is 4.79 Å². The van der Waals surface area contributed by atoms with Gasteiger partial charge in [-0.2, -0.15) is 0 Å². The van der Waals surface area contributed by atoms with Gasteiger partial charge in [0.25, 0.3) is 5.91 Å². The van der Waals surface area contributed by atoms with Crippen molar-refractivity contribution in [2.75, 3.05) is 34.4 Å². The van der Waals surface area contributed by atoms with Gasteiger partial charge in [-0.15, -0.1) is 11.3 Å². The molecule has 29 heavy (non-hydrogen) atoms. The number of nitrogens with zero attached hydrogens (tertiary/aromatic N) is 2. The fraction of sp³-hybridized carbons (Fsp3) is 0.273. The van der Waals surface area contributed by atoms with Crippen LogP contribution in [0.3, 0.4) is 0 Å². The van der Waals surface area contributed by atoms with E-state index in [4.69, 9.17) is 14.2 Å². The van der Waals surface area contributed by atoms with Crippen molar-refractivity contribution in [1.82, 2.24) is 9.88 Å². The molecular formula is C22H24N2O4S. The van der Waals surface area contributed by atoms with Gasteiger partial charge < -0.3 is 19.1 Å². The molecule has 0 aliphatic heterocycles. The SMILES string of the molecule is COc1ccc(-c2nc(C(=O)N(C)CCOc3ccc(C)cc3)cs2)cc1OC. The van der Waals surface area contributed by atoms with E-state index in [-0.39, 0.29) is 5.91 Å². The molecule has 0 bridgehead atoms. The highest BCUT2D eigenvalue weighted by atomic mass is 32.1. The second-order valence-electron chi connectivity index (χ2n) is 6.50. The molecule has 2 aromatic carbocycles. The first-order chi connectivity index (χ1) is 14.0. The number of hydrogen-bond donors (Lipinski definition) is 0. The normalized spacial score (nSPS) is 10.5. The van der Waals surface area contributed by atoms with E-state index >= 15 is 0 Å². The lowest BCUT2D eigenvalue weighted by atomic mass is 10.2. The van der Waals surface area contributed by atoms with Crippen molar-refractivity contribution < 1.29 is 19.0 Å². The molecule has 6 nitrogen and oxygen atoms in total. The van der Waals surface area contributed by atoms with Gasteiger partial charge in [0.2, 0.25) is 0 Å². The summed E-state index contributed by atoms with van der Waals surface area (Å²) in [4.78, 5) is 18.8. The Morgan fingerprint density at radius 3 is 2.48 bits per heavy atom. The van der Waals surface area contributed by atoms with E-state index in [2.05, 4.69) is 4.98 Å². The summed E-state index contributed by atoms with van der Waals surface area (Å²) in [5.74, 6) is 1.93. The van der Waals surface area contributed by atoms with Gasteiger partial charge in [0.15, 0.2) is 11.5 Å². The van der Waals surface area contributed by atoms with E-state index in [0.717, 1.165) is 16.3 Å². The van der Waals surface area contributed by atoms with Crippen molar-refractivity contribution in [3.05, 3.63) is 59.1 Å². The number of ether oxygens (including phenoxy) is 3. The summed E-state index contributed by atoms with van der Waals surface area (Å²) in [7, 11) is 4.93. The maximum absolute atomic E-state index is 12.7. The molecular weight excluding hydrogens is 388 g/mol. The number of amides is 1. The first-order valence-corrected chi connectivity index (χ1v) is 10.0. The van der Waals surface area contributed by atoms with Gasteiger partial charge in [-0.1, -0.05) is 17.7 Å². The van der Waals surface area contributed by atoms with Crippen LogP contribution in [0.5, 0.6) is 17.2 Å². The van der Waals surface area contributed by atoms with Crippen molar-refractivity contribution in [2.45, 2.75) is 6.92 Å². The molecule has 1 aromatic heterocycles. The molecule has 0 aliphatic carbocycles. The summed E-state index contributed by atoms with van der Waals surface area (Å²) in [6.07, 6.45) is 0. The lowest BCUT2D eigenvalue weighted by molar-refractivity contribution is 0.0769. The van der Waals surface area contributed by atoms with Crippen LogP contribution in [0.4, 0.5) is 0 Å². The Hall–Kier alpha value is -3.06. The summed E-state index contributed by atoms with van der Waals surface area (Å²) in [6, 6.07) is 13.4. The van der Waals surface area contributed by atoms with Crippen LogP contribution in [-0.4, -0.2) is 50.2 Å². The molecule has 7 heteroatoms. The smallest absolute Gasteiger partial charge is 0.273 e. The van der Waals surface area contributed by atoms with Crippen LogP contribution < -0.4 is 14.2 Å². The van der Waals surface area contributed by atoms with Gasteiger partial charge in [0.05, 0.1) is 20.8 Å². The van der Waals surface area contributed by atoms with Crippen LogP contribution in [0.1, 0.15) is 16.1 Å². The van der Waals surface area contributed by atoms with Gasteiger partial charge in [-0.05, 0) is 37.3 Å². The van der Waals surface area contributed by atoms with E-state index in [1.54, 1.807) is 31.5 Å². The van der Waals surface area contributed by atoms with E-state index < -0.39 is 0 Å². The summed E-state index contributed by atoms with van der Waals surface area (Å²) in [5, 5.41) is 2.52. The van der Waals surface area contributed by atoms with Crippen LogP contribution in [0.2, 0.25) is 0 Å². The van der Waals surface area contributed by atoms with Gasteiger partial charge in [-0.3, -0.25) is 4.79 Å². The first-order valence-electron chi connectivity index (χ1n) is 9.14. The Morgan fingerprint density at radius 1 is 1.07 bits per heavy atom. The van der Waals surface area contributed by atoms with Crippen molar-refractivity contribution in [2.24, 2.45) is 0 Å². The summed E-state index contributed by atoms with van der Waals surface area (Å²) >= 11 is 1.42. The molecule has 3 aromatic rings. The molecule has 0 fully saturated rings. The molecule has 0 N–H and O–H groups in total. The molecule has 0 unspecified atom stereocenters. The topological polar surface area (TPSA) is 60.9 Å². The van der Waals surface area contributed by atoms with Gasteiger partial charge >= 0.3 is 0 Å². The Kier molecular flexibility index (Phi) is 6.72. The molecule has 3 rings (SSSR count). The number of rotatable bonds is 8. The predicted octanol–water partition coefficient (Wildman–Crippen LogP) is 4.29. The molecule has 0 atom stereocenters. The predicted molar refractivity (Wildman–Crippen MR) is 114 cm³/mol. The maximum Gasteiger partial charge on any atom is 0.273 e. The molecule has 0 saturated carbocycles. The number of likely N-dealkylation sites (N-methyl/N-ethyl adjacent to an activating group) is 1. The molecule has 1 amide bonds. The highest BCUT2D eigenvalue weighted by molar-refractivity contribution is 7.13. The minimum Gasteiger partial charge on any atom is -0.493 e. The Bertz CT molecular complexity index is 969. The zero-order valence-corrected chi connectivity index (χ0v) is 17.8. The molecule has 152 valence electrons. The molecule has 0 saturated heterocycles. The highest BCUT2D eigenvalue weighted by Gasteiger charge is 2.17. The molecule has 0 radical (unpaired) electrons. The van der Waals surface area contributed by atoms with E-state index in [1.165, 1.54) is 16.9 Å². The number of benzene rings is 2. The zero-order valence-electron chi connectivity index (χ0n) is 17.0. The van der Waals surface area contributed by atoms with Gasteiger partial charge in [0.1, 0.15) is 23.1 Å². The quantitative estimate of drug-likeness (QED) is 0.552. The van der Waals surface area contributed by atoms with Crippen molar-refractivity contribution in [3.63, 3.8) is 0 Å². The van der Waals surface area contributed by atoms with Gasteiger partial charge in [-0.25, -0.2) is 4.98 Å². The second kappa shape index (κ2) is 9.43. The Labute approximate surface area is 174 Å². The number of thiazole rings is 1. The lowest BCUT2D eigenvalue weighted by Gasteiger charge is -2.16. The number of carbonyl (C=O) groups excluding carboxylic acids is 1. The third-order valence-corrected chi connectivity index (χ3v) is 5.31. The average Bonchev–Trinajstić information content (AvgIpc) is 3.24. The van der Waals surface area contributed by atoms with Crippen LogP contribution in [0.15, 0.2) is 47.8 Å². The first kappa shape index (κ1) is 20.7. The van der Waals surface area contributed by atoms with Crippen LogP contribution in [0, 0.1) is 6.92 Å². The van der Waals surface area contributed by atoms with Gasteiger partial charge in [0, 0.05) is 18.0 Å². The number of methoxy groups -OCH3 is 2. The molecule has 0 aliphatic rings. The van der Waals surface area contributed by atoms with Crippen molar-refractivity contribution in [1.29, 1.82) is 0 Å². The van der Waals surface area contributed by atoms with Crippen LogP contribution in [-0.2, 0) is 0 Å².